The summed E-state index contributed by atoms with van der Waals surface area (Å²) in [7, 11) is -3.29. The average molecular weight is 440 g/mol. The second kappa shape index (κ2) is 24.1. The Balaban J connectivity index is 0. The molecule has 0 spiro atoms. The Morgan fingerprint density at radius 3 is 1.45 bits per heavy atom. The largest absolute Gasteiger partial charge is 0.397 e. The first-order valence-electron chi connectivity index (χ1n) is 11.7. The lowest BCUT2D eigenvalue weighted by Crippen LogP contribution is -2.28. The van der Waals surface area contributed by atoms with E-state index in [1.54, 1.807) is 0 Å². The first-order valence-corrected chi connectivity index (χ1v) is 13.1. The van der Waals surface area contributed by atoms with E-state index < -0.39 is 10.4 Å². The van der Waals surface area contributed by atoms with Crippen molar-refractivity contribution >= 4 is 10.4 Å². The molecule has 0 bridgehead atoms. The Kier molecular flexibility index (Phi) is 25.7. The number of unbranched alkanes of at least 4 members (excludes halogenated alkanes) is 14. The molecule has 0 aliphatic rings. The van der Waals surface area contributed by atoms with Crippen LogP contribution in [0, 0.1) is 0 Å². The van der Waals surface area contributed by atoms with Crippen LogP contribution in [-0.4, -0.2) is 44.4 Å². The first kappa shape index (κ1) is 31.0. The summed E-state index contributed by atoms with van der Waals surface area (Å²) in [5.41, 5.74) is 0. The molecule has 0 saturated carbocycles. The van der Waals surface area contributed by atoms with Crippen LogP contribution in [0.3, 0.4) is 0 Å². The van der Waals surface area contributed by atoms with Crippen molar-refractivity contribution in [1.82, 2.24) is 5.32 Å². The van der Waals surface area contributed by atoms with Gasteiger partial charge in [0.1, 0.15) is 0 Å². The van der Waals surface area contributed by atoms with Crippen molar-refractivity contribution < 1.29 is 22.3 Å². The number of hydrogen-bond donors (Lipinski definition) is 3. The van der Waals surface area contributed by atoms with Gasteiger partial charge in [0, 0.05) is 12.6 Å². The van der Waals surface area contributed by atoms with E-state index >= 15 is 0 Å². The normalized spacial score (nSPS) is 12.4. The molecule has 0 aliphatic heterocycles. The summed E-state index contributed by atoms with van der Waals surface area (Å²) in [6.45, 7) is 5.50. The van der Waals surface area contributed by atoms with Gasteiger partial charge in [0.05, 0.1) is 13.7 Å². The van der Waals surface area contributed by atoms with Gasteiger partial charge in [0.25, 0.3) is 0 Å². The molecule has 0 fully saturated rings. The number of aliphatic hydroxyl groups is 1. The highest BCUT2D eigenvalue weighted by molar-refractivity contribution is 7.80. The molecule has 29 heavy (non-hydrogen) atoms. The standard InChI is InChI=1S/C21H45NO.CH4O4S/c1-3-4-5-6-7-8-9-10-11-12-13-14-15-16-17-18-21(2)22-19-20-23;1-5-6(2,3)4/h21-23H,3-20H2,1-2H3;1H3,(H,2,3,4). The number of hydrogen-bond acceptors (Lipinski definition) is 5. The molecule has 0 aliphatic carbocycles. The third-order valence-corrected chi connectivity index (χ3v) is 5.48. The lowest BCUT2D eigenvalue weighted by Gasteiger charge is -2.12. The second-order valence-electron chi connectivity index (χ2n) is 7.91. The van der Waals surface area contributed by atoms with Crippen LogP contribution in [0.2, 0.25) is 0 Å². The minimum absolute atomic E-state index is 0.253. The third kappa shape index (κ3) is 32.7. The van der Waals surface area contributed by atoms with Gasteiger partial charge < -0.3 is 10.4 Å². The van der Waals surface area contributed by atoms with Gasteiger partial charge in [-0.3, -0.25) is 8.74 Å². The van der Waals surface area contributed by atoms with Gasteiger partial charge in [-0.15, -0.1) is 0 Å². The topological polar surface area (TPSA) is 95.9 Å². The predicted octanol–water partition coefficient (Wildman–Crippen LogP) is 5.65. The molecule has 178 valence electrons. The van der Waals surface area contributed by atoms with Crippen molar-refractivity contribution in [3.05, 3.63) is 0 Å². The summed E-state index contributed by atoms with van der Waals surface area (Å²) >= 11 is 0. The molecule has 0 amide bonds. The molecule has 0 heterocycles. The third-order valence-electron chi connectivity index (χ3n) is 5.06. The molecule has 0 radical (unpaired) electrons. The lowest BCUT2D eigenvalue weighted by atomic mass is 10.0. The van der Waals surface area contributed by atoms with Gasteiger partial charge in [0.2, 0.25) is 0 Å². The molecular weight excluding hydrogens is 390 g/mol. The van der Waals surface area contributed by atoms with Gasteiger partial charge in [-0.1, -0.05) is 103 Å². The smallest absolute Gasteiger partial charge is 0.395 e. The predicted molar refractivity (Wildman–Crippen MR) is 123 cm³/mol. The van der Waals surface area contributed by atoms with Crippen LogP contribution in [0.1, 0.15) is 117 Å². The average Bonchev–Trinajstić information content (AvgIpc) is 2.69. The van der Waals surface area contributed by atoms with Crippen LogP contribution in [0.4, 0.5) is 0 Å². The fraction of sp³-hybridized carbons (Fsp3) is 1.00. The van der Waals surface area contributed by atoms with Gasteiger partial charge in [-0.25, -0.2) is 0 Å². The SMILES string of the molecule is CCCCCCCCCCCCCCCCCC(C)NCCO.COS(=O)(=O)O. The highest BCUT2D eigenvalue weighted by atomic mass is 32.3. The summed E-state index contributed by atoms with van der Waals surface area (Å²) in [4.78, 5) is 0. The molecule has 7 heteroatoms. The molecule has 0 aromatic carbocycles. The van der Waals surface area contributed by atoms with Crippen molar-refractivity contribution in [2.45, 2.75) is 123 Å². The van der Waals surface area contributed by atoms with Crippen molar-refractivity contribution in [3.63, 3.8) is 0 Å². The van der Waals surface area contributed by atoms with Gasteiger partial charge in [-0.2, -0.15) is 8.42 Å². The quantitative estimate of drug-likeness (QED) is 0.167. The molecule has 0 saturated heterocycles. The number of aliphatic hydroxyl groups excluding tert-OH is 1. The van der Waals surface area contributed by atoms with E-state index in [9.17, 15) is 8.42 Å². The van der Waals surface area contributed by atoms with Crippen LogP contribution >= 0.6 is 0 Å². The lowest BCUT2D eigenvalue weighted by molar-refractivity contribution is 0.283. The summed E-state index contributed by atoms with van der Waals surface area (Å²) in [5, 5.41) is 12.1. The maximum absolute atomic E-state index is 9.33. The molecule has 6 nitrogen and oxygen atoms in total. The van der Waals surface area contributed by atoms with E-state index in [1.165, 1.54) is 103 Å². The highest BCUT2D eigenvalue weighted by Crippen LogP contribution is 2.14. The van der Waals surface area contributed by atoms with Gasteiger partial charge in [-0.05, 0) is 13.3 Å². The van der Waals surface area contributed by atoms with Gasteiger partial charge >= 0.3 is 10.4 Å². The van der Waals surface area contributed by atoms with E-state index in [-0.39, 0.29) is 6.61 Å². The summed E-state index contributed by atoms with van der Waals surface area (Å²) < 4.78 is 29.7. The molecule has 1 unspecified atom stereocenters. The van der Waals surface area contributed by atoms with E-state index in [1.807, 2.05) is 0 Å². The van der Waals surface area contributed by atoms with Crippen molar-refractivity contribution in [2.75, 3.05) is 20.3 Å². The summed E-state index contributed by atoms with van der Waals surface area (Å²) in [5.74, 6) is 0. The first-order chi connectivity index (χ1) is 13.9. The van der Waals surface area contributed by atoms with Crippen LogP contribution in [0.25, 0.3) is 0 Å². The molecule has 1 atom stereocenters. The van der Waals surface area contributed by atoms with Crippen molar-refractivity contribution in [3.8, 4) is 0 Å². The fourth-order valence-corrected chi connectivity index (χ4v) is 3.23. The highest BCUT2D eigenvalue weighted by Gasteiger charge is 2.00. The van der Waals surface area contributed by atoms with Gasteiger partial charge in [0.15, 0.2) is 0 Å². The molecular formula is C22H49NO5S. The monoisotopic (exact) mass is 439 g/mol. The Hall–Kier alpha value is -0.210. The molecule has 0 rings (SSSR count). The zero-order valence-corrected chi connectivity index (χ0v) is 20.1. The Labute approximate surface area is 181 Å². The van der Waals surface area contributed by atoms with E-state index in [4.69, 9.17) is 9.66 Å². The maximum Gasteiger partial charge on any atom is 0.397 e. The van der Waals surface area contributed by atoms with Crippen LogP contribution in [0.5, 0.6) is 0 Å². The Morgan fingerprint density at radius 1 is 0.793 bits per heavy atom. The molecule has 0 aromatic heterocycles. The minimum Gasteiger partial charge on any atom is -0.395 e. The van der Waals surface area contributed by atoms with Crippen molar-refractivity contribution in [2.24, 2.45) is 0 Å². The van der Waals surface area contributed by atoms with E-state index in [0.717, 1.165) is 13.7 Å². The Bertz CT molecular complexity index is 404. The minimum atomic E-state index is -4.16. The van der Waals surface area contributed by atoms with E-state index in [2.05, 4.69) is 23.3 Å². The number of nitrogens with one attached hydrogen (secondary N) is 1. The van der Waals surface area contributed by atoms with E-state index in [0.29, 0.717) is 6.04 Å². The van der Waals surface area contributed by atoms with Crippen LogP contribution in [0.15, 0.2) is 0 Å². The van der Waals surface area contributed by atoms with Crippen LogP contribution < -0.4 is 5.32 Å². The zero-order chi connectivity index (χ0) is 22.2. The molecule has 0 aromatic rings. The van der Waals surface area contributed by atoms with Crippen LogP contribution in [-0.2, 0) is 14.6 Å². The Morgan fingerprint density at radius 2 is 1.14 bits per heavy atom. The zero-order valence-electron chi connectivity index (χ0n) is 19.3. The maximum atomic E-state index is 9.33. The van der Waals surface area contributed by atoms with Crippen molar-refractivity contribution in [1.29, 1.82) is 0 Å². The summed E-state index contributed by atoms with van der Waals surface area (Å²) in [6, 6.07) is 0.559. The fourth-order valence-electron chi connectivity index (χ4n) is 3.23. The second-order valence-corrected chi connectivity index (χ2v) is 9.10. The summed E-state index contributed by atoms with van der Waals surface area (Å²) in [6.07, 6.45) is 22.7. The number of rotatable bonds is 20. The molecule has 3 N–H and O–H groups in total.